The zero-order valence-corrected chi connectivity index (χ0v) is 13.0. The minimum absolute atomic E-state index is 0.582. The van der Waals surface area contributed by atoms with Crippen molar-refractivity contribution >= 4 is 56.0 Å². The highest BCUT2D eigenvalue weighted by Gasteiger charge is 2.11. The first-order valence-electron chi connectivity index (χ1n) is 6.16. The normalized spacial score (nSPS) is 11.5. The summed E-state index contributed by atoms with van der Waals surface area (Å²) in [5.41, 5.74) is 2.39. The van der Waals surface area contributed by atoms with E-state index >= 15 is 0 Å². The van der Waals surface area contributed by atoms with E-state index in [-0.39, 0.29) is 0 Å². The minimum Gasteiger partial charge on any atom is -0.438 e. The molecule has 4 nitrogen and oxygen atoms in total. The highest BCUT2D eigenvalue weighted by Crippen LogP contribution is 2.32. The number of nitrogens with zero attached hydrogens (tertiary/aromatic N) is 3. The number of rotatable bonds is 3. The molecule has 0 bridgehead atoms. The first-order chi connectivity index (χ1) is 10.3. The number of aromatic nitrogens is 3. The number of hydrogen-bond acceptors (Lipinski definition) is 6. The van der Waals surface area contributed by atoms with Gasteiger partial charge in [0, 0.05) is 0 Å². The molecule has 1 aromatic carbocycles. The Morgan fingerprint density at radius 2 is 2.14 bits per heavy atom. The third-order valence-electron chi connectivity index (χ3n) is 2.95. The van der Waals surface area contributed by atoms with Crippen molar-refractivity contribution in [2.24, 2.45) is 0 Å². The number of hydrogen-bond donors (Lipinski definition) is 0. The summed E-state index contributed by atoms with van der Waals surface area (Å²) in [6.45, 7) is 0. The van der Waals surface area contributed by atoms with Gasteiger partial charge in [-0.1, -0.05) is 29.4 Å². The summed E-state index contributed by atoms with van der Waals surface area (Å²) >= 11 is 9.32. The maximum Gasteiger partial charge on any atom is 0.205 e. The van der Waals surface area contributed by atoms with E-state index < -0.39 is 0 Å². The van der Waals surface area contributed by atoms with E-state index in [0.717, 1.165) is 20.8 Å². The van der Waals surface area contributed by atoms with Crippen LogP contribution in [0.4, 0.5) is 0 Å². The Kier molecular flexibility index (Phi) is 3.29. The van der Waals surface area contributed by atoms with Crippen LogP contribution in [0.3, 0.4) is 0 Å². The second kappa shape index (κ2) is 5.29. The molecule has 4 aromatic rings. The molecule has 0 atom stereocenters. The molecule has 0 aliphatic rings. The molecule has 0 radical (unpaired) electrons. The van der Waals surface area contributed by atoms with Crippen LogP contribution >= 0.6 is 34.7 Å². The summed E-state index contributed by atoms with van der Waals surface area (Å²) < 4.78 is 6.80. The van der Waals surface area contributed by atoms with Crippen LogP contribution in [-0.4, -0.2) is 15.0 Å². The average Bonchev–Trinajstić information content (AvgIpc) is 3.12. The molecule has 0 spiro atoms. The number of oxazole rings is 1. The Labute approximate surface area is 133 Å². The molecule has 7 heteroatoms. The quantitative estimate of drug-likeness (QED) is 0.399. The number of benzene rings is 1. The summed E-state index contributed by atoms with van der Waals surface area (Å²) in [6, 6.07) is 7.54. The van der Waals surface area contributed by atoms with Gasteiger partial charge in [-0.25, -0.2) is 15.0 Å². The first kappa shape index (κ1) is 13.1. The molecule has 3 heterocycles. The molecule has 4 rings (SSSR count). The smallest absolute Gasteiger partial charge is 0.205 e. The summed E-state index contributed by atoms with van der Waals surface area (Å²) in [5.74, 6) is 1.25. The molecular formula is C14H8ClN3OS2. The van der Waals surface area contributed by atoms with Crippen molar-refractivity contribution < 1.29 is 4.42 Å². The van der Waals surface area contributed by atoms with Crippen molar-refractivity contribution in [3.8, 4) is 0 Å². The number of para-hydroxylation sites is 1. The average molecular weight is 334 g/mol. The Hall–Kier alpha value is -1.63. The van der Waals surface area contributed by atoms with Crippen LogP contribution in [0.2, 0.25) is 5.02 Å². The van der Waals surface area contributed by atoms with E-state index in [9.17, 15) is 0 Å². The zero-order chi connectivity index (χ0) is 14.2. The molecule has 0 aliphatic carbocycles. The topological polar surface area (TPSA) is 51.8 Å². The van der Waals surface area contributed by atoms with Gasteiger partial charge in [0.05, 0.1) is 21.0 Å². The molecule has 0 amide bonds. The van der Waals surface area contributed by atoms with Gasteiger partial charge in [0.2, 0.25) is 5.89 Å². The van der Waals surface area contributed by atoms with Crippen molar-refractivity contribution in [2.45, 2.75) is 10.8 Å². The van der Waals surface area contributed by atoms with E-state index in [1.807, 2.05) is 23.6 Å². The van der Waals surface area contributed by atoms with Gasteiger partial charge in [-0.15, -0.1) is 11.3 Å². The molecule has 104 valence electrons. The lowest BCUT2D eigenvalue weighted by molar-refractivity contribution is 0.556. The largest absolute Gasteiger partial charge is 0.438 e. The molecule has 0 aliphatic heterocycles. The summed E-state index contributed by atoms with van der Waals surface area (Å²) in [6.07, 6.45) is 1.58. The Morgan fingerprint density at radius 1 is 1.19 bits per heavy atom. The maximum absolute atomic E-state index is 6.09. The van der Waals surface area contributed by atoms with Crippen LogP contribution < -0.4 is 0 Å². The van der Waals surface area contributed by atoms with Gasteiger partial charge in [0.1, 0.15) is 16.9 Å². The second-order valence-corrected chi connectivity index (χ2v) is 6.59. The van der Waals surface area contributed by atoms with E-state index in [1.165, 1.54) is 0 Å². The van der Waals surface area contributed by atoms with Crippen LogP contribution in [0.5, 0.6) is 0 Å². The molecule has 0 saturated carbocycles. The van der Waals surface area contributed by atoms with Crippen LogP contribution in [0, 0.1) is 0 Å². The Morgan fingerprint density at radius 3 is 3.05 bits per heavy atom. The van der Waals surface area contributed by atoms with Crippen molar-refractivity contribution in [2.75, 3.05) is 0 Å². The molecule has 0 fully saturated rings. The first-order valence-corrected chi connectivity index (χ1v) is 8.40. The van der Waals surface area contributed by atoms with Gasteiger partial charge in [0.15, 0.2) is 5.58 Å². The molecule has 3 aromatic heterocycles. The van der Waals surface area contributed by atoms with Gasteiger partial charge in [-0.05, 0) is 23.6 Å². The fourth-order valence-electron chi connectivity index (χ4n) is 2.02. The maximum atomic E-state index is 6.09. The van der Waals surface area contributed by atoms with Gasteiger partial charge < -0.3 is 4.42 Å². The number of thioether (sulfide) groups is 1. The van der Waals surface area contributed by atoms with Crippen LogP contribution in [0.15, 0.2) is 45.4 Å². The van der Waals surface area contributed by atoms with Crippen molar-refractivity contribution in [1.29, 1.82) is 0 Å². The van der Waals surface area contributed by atoms with Crippen molar-refractivity contribution in [1.82, 2.24) is 15.0 Å². The molecule has 0 saturated heterocycles. The van der Waals surface area contributed by atoms with Gasteiger partial charge in [0.25, 0.3) is 0 Å². The third kappa shape index (κ3) is 2.39. The van der Waals surface area contributed by atoms with E-state index in [4.69, 9.17) is 16.0 Å². The van der Waals surface area contributed by atoms with Crippen molar-refractivity contribution in [3.05, 3.63) is 46.9 Å². The fourth-order valence-corrected chi connectivity index (χ4v) is 4.02. The highest BCUT2D eigenvalue weighted by molar-refractivity contribution is 7.98. The van der Waals surface area contributed by atoms with E-state index in [2.05, 4.69) is 15.0 Å². The predicted molar refractivity (Wildman–Crippen MR) is 86.0 cm³/mol. The Balaban J connectivity index is 1.63. The second-order valence-electron chi connectivity index (χ2n) is 4.30. The van der Waals surface area contributed by atoms with Crippen LogP contribution in [-0.2, 0) is 5.75 Å². The number of halogens is 1. The van der Waals surface area contributed by atoms with Crippen LogP contribution in [0.25, 0.3) is 21.3 Å². The predicted octanol–water partition coefficient (Wildman–Crippen LogP) is 4.78. The molecule has 0 N–H and O–H groups in total. The summed E-state index contributed by atoms with van der Waals surface area (Å²) in [4.78, 5) is 13.0. The Bertz CT molecular complexity index is 934. The minimum atomic E-state index is 0.582. The zero-order valence-electron chi connectivity index (χ0n) is 10.6. The highest BCUT2D eigenvalue weighted by atomic mass is 35.5. The monoisotopic (exact) mass is 333 g/mol. The lowest BCUT2D eigenvalue weighted by Crippen LogP contribution is -1.85. The van der Waals surface area contributed by atoms with Crippen LogP contribution in [0.1, 0.15) is 5.89 Å². The molecule has 21 heavy (non-hydrogen) atoms. The lowest BCUT2D eigenvalue weighted by atomic mass is 10.3. The fraction of sp³-hybridized carbons (Fsp3) is 0.0714. The summed E-state index contributed by atoms with van der Waals surface area (Å²) in [7, 11) is 0. The third-order valence-corrected chi connectivity index (χ3v) is 5.27. The van der Waals surface area contributed by atoms with Gasteiger partial charge >= 0.3 is 0 Å². The number of thiophene rings is 1. The van der Waals surface area contributed by atoms with E-state index in [1.54, 1.807) is 35.5 Å². The van der Waals surface area contributed by atoms with Crippen molar-refractivity contribution in [3.63, 3.8) is 0 Å². The SMILES string of the molecule is Clc1cccc2nc(CSc3ncnc4ccsc34)oc12. The lowest BCUT2D eigenvalue weighted by Gasteiger charge is -1.98. The number of fused-ring (bicyclic) bond motifs is 2. The standard InChI is InChI=1S/C14H8ClN3OS2/c15-8-2-1-3-9-12(8)19-11(18-9)6-21-14-13-10(4-5-20-13)16-7-17-14/h1-5,7H,6H2. The molecular weight excluding hydrogens is 326 g/mol. The van der Waals surface area contributed by atoms with Gasteiger partial charge in [-0.3, -0.25) is 0 Å². The summed E-state index contributed by atoms with van der Waals surface area (Å²) in [5, 5.41) is 3.55. The van der Waals surface area contributed by atoms with E-state index in [0.29, 0.717) is 22.2 Å². The van der Waals surface area contributed by atoms with Gasteiger partial charge in [-0.2, -0.15) is 0 Å². The molecule has 0 unspecified atom stereocenters.